The minimum Gasteiger partial charge on any atom is -0.324 e. The number of benzene rings is 1. The molecule has 1 heterocycles. The number of nitrogens with one attached hydrogen (secondary N) is 2. The minimum atomic E-state index is -0.648. The second kappa shape index (κ2) is 4.12. The van der Waals surface area contributed by atoms with Crippen LogP contribution in [-0.2, 0) is 4.79 Å². The van der Waals surface area contributed by atoms with Crippen molar-refractivity contribution in [2.45, 2.75) is 4.90 Å². The standard InChI is InChI=1S/C9H7ClN2O2S/c10-9(14)11-5-1-2-7-6(3-5)12-8(13)4-15-7/h1-3H,4H2,(H,11,14)(H,12,13). The van der Waals surface area contributed by atoms with E-state index in [1.165, 1.54) is 11.8 Å². The Balaban J connectivity index is 2.28. The van der Waals surface area contributed by atoms with Crippen molar-refractivity contribution in [3.8, 4) is 0 Å². The van der Waals surface area contributed by atoms with E-state index in [-0.39, 0.29) is 5.91 Å². The summed E-state index contributed by atoms with van der Waals surface area (Å²) in [7, 11) is 0. The summed E-state index contributed by atoms with van der Waals surface area (Å²) in [5.74, 6) is 0.385. The molecule has 0 unspecified atom stereocenters. The fraction of sp³-hybridized carbons (Fsp3) is 0.111. The number of amides is 2. The lowest BCUT2D eigenvalue weighted by atomic mass is 10.2. The topological polar surface area (TPSA) is 58.2 Å². The Morgan fingerprint density at radius 3 is 3.07 bits per heavy atom. The number of rotatable bonds is 1. The maximum Gasteiger partial charge on any atom is 0.318 e. The number of carbonyl (C=O) groups is 2. The van der Waals surface area contributed by atoms with E-state index in [1.54, 1.807) is 12.1 Å². The molecule has 0 aliphatic carbocycles. The van der Waals surface area contributed by atoms with Gasteiger partial charge in [0, 0.05) is 10.6 Å². The third-order valence-electron chi connectivity index (χ3n) is 1.86. The highest BCUT2D eigenvalue weighted by Crippen LogP contribution is 2.33. The molecular formula is C9H7ClN2O2S. The lowest BCUT2D eigenvalue weighted by Crippen LogP contribution is -2.18. The molecule has 1 aromatic carbocycles. The first-order valence-electron chi connectivity index (χ1n) is 4.18. The molecule has 0 atom stereocenters. The molecule has 1 aromatic rings. The highest BCUT2D eigenvalue weighted by Gasteiger charge is 2.15. The Kier molecular flexibility index (Phi) is 2.83. The van der Waals surface area contributed by atoms with E-state index in [2.05, 4.69) is 10.6 Å². The highest BCUT2D eigenvalue weighted by atomic mass is 35.5. The molecular weight excluding hydrogens is 236 g/mol. The van der Waals surface area contributed by atoms with Crippen LogP contribution in [0.1, 0.15) is 0 Å². The van der Waals surface area contributed by atoms with Crippen molar-refractivity contribution in [3.05, 3.63) is 18.2 Å². The molecule has 0 aromatic heterocycles. The first kappa shape index (κ1) is 10.3. The van der Waals surface area contributed by atoms with Crippen LogP contribution in [0, 0.1) is 0 Å². The zero-order valence-corrected chi connectivity index (χ0v) is 9.11. The highest BCUT2D eigenvalue weighted by molar-refractivity contribution is 8.00. The summed E-state index contributed by atoms with van der Waals surface area (Å²) >= 11 is 6.65. The van der Waals surface area contributed by atoms with Gasteiger partial charge in [0.2, 0.25) is 5.91 Å². The zero-order valence-electron chi connectivity index (χ0n) is 7.54. The lowest BCUT2D eigenvalue weighted by molar-refractivity contribution is -0.113. The molecule has 78 valence electrons. The Bertz CT molecular complexity index is 436. The lowest BCUT2D eigenvalue weighted by Gasteiger charge is -2.16. The average molecular weight is 243 g/mol. The van der Waals surface area contributed by atoms with Gasteiger partial charge in [-0.15, -0.1) is 11.8 Å². The summed E-state index contributed by atoms with van der Waals surface area (Å²) in [6.45, 7) is 0. The van der Waals surface area contributed by atoms with Crippen molar-refractivity contribution >= 4 is 46.0 Å². The normalized spacial score (nSPS) is 14.1. The van der Waals surface area contributed by atoms with Crippen molar-refractivity contribution in [3.63, 3.8) is 0 Å². The van der Waals surface area contributed by atoms with Gasteiger partial charge in [0.25, 0.3) is 0 Å². The van der Waals surface area contributed by atoms with Crippen LogP contribution in [0.15, 0.2) is 23.1 Å². The van der Waals surface area contributed by atoms with Gasteiger partial charge in [0.05, 0.1) is 11.4 Å². The third-order valence-corrected chi connectivity index (χ3v) is 3.02. The summed E-state index contributed by atoms with van der Waals surface area (Å²) in [6.07, 6.45) is 0. The molecule has 6 heteroatoms. The van der Waals surface area contributed by atoms with Gasteiger partial charge < -0.3 is 10.6 Å². The van der Waals surface area contributed by atoms with E-state index in [1.807, 2.05) is 6.07 Å². The predicted octanol–water partition coefficient (Wildman–Crippen LogP) is 2.50. The molecule has 2 rings (SSSR count). The SMILES string of the molecule is O=C(Cl)Nc1ccc2c(c1)NC(=O)CS2. The van der Waals surface area contributed by atoms with Crippen LogP contribution in [-0.4, -0.2) is 17.0 Å². The van der Waals surface area contributed by atoms with Crippen LogP contribution < -0.4 is 10.6 Å². The van der Waals surface area contributed by atoms with Gasteiger partial charge in [-0.25, -0.2) is 0 Å². The first-order valence-corrected chi connectivity index (χ1v) is 5.55. The smallest absolute Gasteiger partial charge is 0.318 e. The van der Waals surface area contributed by atoms with Gasteiger partial charge in [-0.3, -0.25) is 9.59 Å². The molecule has 2 amide bonds. The van der Waals surface area contributed by atoms with Crippen LogP contribution >= 0.6 is 23.4 Å². The van der Waals surface area contributed by atoms with E-state index in [0.717, 1.165) is 4.90 Å². The molecule has 0 saturated heterocycles. The second-order valence-electron chi connectivity index (χ2n) is 2.95. The van der Waals surface area contributed by atoms with Crippen LogP contribution in [0.3, 0.4) is 0 Å². The van der Waals surface area contributed by atoms with E-state index in [0.29, 0.717) is 17.1 Å². The third kappa shape index (κ3) is 2.43. The molecule has 2 N–H and O–H groups in total. The molecule has 0 spiro atoms. The maximum absolute atomic E-state index is 11.1. The van der Waals surface area contributed by atoms with Crippen LogP contribution in [0.5, 0.6) is 0 Å². The van der Waals surface area contributed by atoms with Crippen LogP contribution in [0.25, 0.3) is 0 Å². The predicted molar refractivity (Wildman–Crippen MR) is 60.7 cm³/mol. The number of hydrogen-bond donors (Lipinski definition) is 2. The van der Waals surface area contributed by atoms with Gasteiger partial charge in [0.15, 0.2) is 0 Å². The fourth-order valence-corrected chi connectivity index (χ4v) is 2.17. The molecule has 1 aliphatic rings. The average Bonchev–Trinajstić information content (AvgIpc) is 2.16. The van der Waals surface area contributed by atoms with E-state index in [4.69, 9.17) is 11.6 Å². The largest absolute Gasteiger partial charge is 0.324 e. The Labute approximate surface area is 95.4 Å². The van der Waals surface area contributed by atoms with Crippen LogP contribution in [0.4, 0.5) is 16.2 Å². The number of fused-ring (bicyclic) bond motifs is 1. The van der Waals surface area contributed by atoms with E-state index >= 15 is 0 Å². The quantitative estimate of drug-likeness (QED) is 0.588. The van der Waals surface area contributed by atoms with E-state index < -0.39 is 5.37 Å². The molecule has 1 aliphatic heterocycles. The van der Waals surface area contributed by atoms with Crippen molar-refractivity contribution in [1.82, 2.24) is 0 Å². The number of carbonyl (C=O) groups excluding carboxylic acids is 2. The minimum absolute atomic E-state index is 0.0400. The summed E-state index contributed by atoms with van der Waals surface area (Å²) in [5.41, 5.74) is 1.27. The van der Waals surface area contributed by atoms with Gasteiger partial charge in [-0.1, -0.05) is 0 Å². The number of halogens is 1. The monoisotopic (exact) mass is 242 g/mol. The van der Waals surface area contributed by atoms with Gasteiger partial charge in [0.1, 0.15) is 0 Å². The summed E-state index contributed by atoms with van der Waals surface area (Å²) in [5, 5.41) is 4.51. The van der Waals surface area contributed by atoms with Gasteiger partial charge in [-0.05, 0) is 29.8 Å². The number of anilines is 2. The molecule has 15 heavy (non-hydrogen) atoms. The Morgan fingerprint density at radius 2 is 2.33 bits per heavy atom. The first-order chi connectivity index (χ1) is 7.15. The van der Waals surface area contributed by atoms with Gasteiger partial charge >= 0.3 is 5.37 Å². The molecule has 0 radical (unpaired) electrons. The van der Waals surface area contributed by atoms with Gasteiger partial charge in [-0.2, -0.15) is 0 Å². The number of hydrogen-bond acceptors (Lipinski definition) is 3. The van der Waals surface area contributed by atoms with E-state index in [9.17, 15) is 9.59 Å². The Morgan fingerprint density at radius 1 is 1.53 bits per heavy atom. The van der Waals surface area contributed by atoms with Crippen molar-refractivity contribution in [2.75, 3.05) is 16.4 Å². The molecule has 0 saturated carbocycles. The van der Waals surface area contributed by atoms with Crippen molar-refractivity contribution in [2.24, 2.45) is 0 Å². The Hall–Kier alpha value is -1.20. The zero-order chi connectivity index (χ0) is 10.8. The van der Waals surface area contributed by atoms with Crippen molar-refractivity contribution in [1.29, 1.82) is 0 Å². The summed E-state index contributed by atoms with van der Waals surface area (Å²) < 4.78 is 0. The second-order valence-corrected chi connectivity index (χ2v) is 4.31. The van der Waals surface area contributed by atoms with Crippen molar-refractivity contribution < 1.29 is 9.59 Å². The molecule has 0 bridgehead atoms. The fourth-order valence-electron chi connectivity index (χ4n) is 1.27. The summed E-state index contributed by atoms with van der Waals surface area (Å²) in [6, 6.07) is 5.25. The van der Waals surface area contributed by atoms with Crippen LogP contribution in [0.2, 0.25) is 0 Å². The molecule has 0 fully saturated rings. The number of thioether (sulfide) groups is 1. The maximum atomic E-state index is 11.1. The summed E-state index contributed by atoms with van der Waals surface area (Å²) in [4.78, 5) is 22.7. The molecule has 4 nitrogen and oxygen atoms in total.